The highest BCUT2D eigenvalue weighted by atomic mass is 15.2. The zero-order valence-corrected chi connectivity index (χ0v) is 9.79. The average Bonchev–Trinajstić information content (AvgIpc) is 2.67. The summed E-state index contributed by atoms with van der Waals surface area (Å²) in [5, 5.41) is 13.0. The van der Waals surface area contributed by atoms with Gasteiger partial charge in [-0.25, -0.2) is 0 Å². The Balaban J connectivity index is 2.11. The van der Waals surface area contributed by atoms with Gasteiger partial charge < -0.3 is 4.90 Å². The molecule has 3 nitrogen and oxygen atoms in total. The molecule has 0 spiro atoms. The van der Waals surface area contributed by atoms with Crippen molar-refractivity contribution in [1.82, 2.24) is 10.2 Å². The molecule has 84 valence electrons. The van der Waals surface area contributed by atoms with Crippen molar-refractivity contribution in [2.75, 3.05) is 19.6 Å². The Morgan fingerprint density at radius 3 is 3.07 bits per heavy atom. The molecule has 3 heteroatoms. The van der Waals surface area contributed by atoms with Crippen LogP contribution in [0.5, 0.6) is 0 Å². The first-order valence-electron chi connectivity index (χ1n) is 6.11. The summed E-state index contributed by atoms with van der Waals surface area (Å²) in [4.78, 5) is 2.48. The lowest BCUT2D eigenvalue weighted by molar-refractivity contribution is 0.163. The lowest BCUT2D eigenvalue weighted by Gasteiger charge is -2.40. The number of hydrogen-bond acceptors (Lipinski definition) is 3. The van der Waals surface area contributed by atoms with E-state index >= 15 is 0 Å². The average molecular weight is 207 g/mol. The van der Waals surface area contributed by atoms with E-state index in [-0.39, 0.29) is 5.54 Å². The van der Waals surface area contributed by atoms with Crippen molar-refractivity contribution in [2.45, 2.75) is 44.7 Å². The molecule has 0 aromatic rings. The molecule has 4 unspecified atom stereocenters. The first kappa shape index (κ1) is 10.9. The summed E-state index contributed by atoms with van der Waals surface area (Å²) in [5.41, 5.74) is -0.234. The summed E-state index contributed by atoms with van der Waals surface area (Å²) >= 11 is 0. The predicted molar refractivity (Wildman–Crippen MR) is 60.4 cm³/mol. The van der Waals surface area contributed by atoms with E-state index in [1.54, 1.807) is 0 Å². The van der Waals surface area contributed by atoms with E-state index in [0.717, 1.165) is 25.9 Å². The Morgan fingerprint density at radius 1 is 1.60 bits per heavy atom. The van der Waals surface area contributed by atoms with Gasteiger partial charge in [-0.2, -0.15) is 5.26 Å². The van der Waals surface area contributed by atoms with E-state index in [9.17, 15) is 5.26 Å². The Morgan fingerprint density at radius 2 is 2.40 bits per heavy atom. The molecule has 4 atom stereocenters. The van der Waals surface area contributed by atoms with Crippen LogP contribution in [-0.4, -0.2) is 36.1 Å². The van der Waals surface area contributed by atoms with Crippen molar-refractivity contribution in [3.63, 3.8) is 0 Å². The number of nitriles is 1. The minimum absolute atomic E-state index is 0.234. The van der Waals surface area contributed by atoms with Gasteiger partial charge in [0.05, 0.1) is 6.07 Å². The van der Waals surface area contributed by atoms with Gasteiger partial charge >= 0.3 is 0 Å². The maximum absolute atomic E-state index is 9.47. The van der Waals surface area contributed by atoms with Crippen LogP contribution < -0.4 is 5.32 Å². The molecule has 2 heterocycles. The normalized spacial score (nSPS) is 41.1. The fourth-order valence-electron chi connectivity index (χ4n) is 2.89. The van der Waals surface area contributed by atoms with Crippen molar-refractivity contribution in [1.29, 1.82) is 5.26 Å². The van der Waals surface area contributed by atoms with Gasteiger partial charge in [0.25, 0.3) is 0 Å². The van der Waals surface area contributed by atoms with E-state index in [1.807, 2.05) is 0 Å². The second-order valence-electron chi connectivity index (χ2n) is 5.07. The van der Waals surface area contributed by atoms with Crippen molar-refractivity contribution in [3.05, 3.63) is 0 Å². The molecular formula is C12H21N3. The number of piperidine rings is 1. The molecule has 2 aliphatic rings. The standard InChI is InChI=1S/C12H21N3/c1-3-10(2)14-12(9-13)5-7-15-6-4-11(12)8-15/h10-11,14H,3-8H2,1-2H3. The van der Waals surface area contributed by atoms with Gasteiger partial charge in [0.2, 0.25) is 0 Å². The van der Waals surface area contributed by atoms with Crippen LogP contribution in [0.2, 0.25) is 0 Å². The van der Waals surface area contributed by atoms with Crippen molar-refractivity contribution in [3.8, 4) is 6.07 Å². The van der Waals surface area contributed by atoms with E-state index in [4.69, 9.17) is 0 Å². The van der Waals surface area contributed by atoms with E-state index in [2.05, 4.69) is 30.1 Å². The molecule has 0 radical (unpaired) electrons. The van der Waals surface area contributed by atoms with Crippen LogP contribution >= 0.6 is 0 Å². The van der Waals surface area contributed by atoms with Crippen molar-refractivity contribution < 1.29 is 0 Å². The maximum atomic E-state index is 9.47. The number of hydrogen-bond donors (Lipinski definition) is 1. The molecule has 2 rings (SSSR count). The third kappa shape index (κ3) is 1.89. The fourth-order valence-corrected chi connectivity index (χ4v) is 2.89. The molecule has 2 aliphatic heterocycles. The zero-order chi connectivity index (χ0) is 10.9. The molecule has 0 aliphatic carbocycles. The van der Waals surface area contributed by atoms with Gasteiger partial charge in [0.15, 0.2) is 0 Å². The molecule has 0 amide bonds. The summed E-state index contributed by atoms with van der Waals surface area (Å²) in [6, 6.07) is 3.03. The minimum atomic E-state index is -0.234. The van der Waals surface area contributed by atoms with E-state index in [1.165, 1.54) is 13.0 Å². The summed E-state index contributed by atoms with van der Waals surface area (Å²) < 4.78 is 0. The topological polar surface area (TPSA) is 39.1 Å². The van der Waals surface area contributed by atoms with Gasteiger partial charge in [0, 0.05) is 25.0 Å². The van der Waals surface area contributed by atoms with Crippen LogP contribution in [0, 0.1) is 17.2 Å². The largest absolute Gasteiger partial charge is 0.303 e. The van der Waals surface area contributed by atoms with E-state index in [0.29, 0.717) is 12.0 Å². The Bertz CT molecular complexity index is 271. The fraction of sp³-hybridized carbons (Fsp3) is 0.917. The summed E-state index contributed by atoms with van der Waals surface area (Å²) in [6.45, 7) is 7.76. The summed E-state index contributed by atoms with van der Waals surface area (Å²) in [6.07, 6.45) is 3.29. The third-order valence-electron chi connectivity index (χ3n) is 4.11. The predicted octanol–water partition coefficient (Wildman–Crippen LogP) is 1.36. The molecular weight excluding hydrogens is 186 g/mol. The number of nitrogens with zero attached hydrogens (tertiary/aromatic N) is 2. The number of rotatable bonds is 3. The highest BCUT2D eigenvalue weighted by molar-refractivity contribution is 5.16. The van der Waals surface area contributed by atoms with Crippen molar-refractivity contribution in [2.24, 2.45) is 5.92 Å². The lowest BCUT2D eigenvalue weighted by atomic mass is 9.79. The molecule has 2 fully saturated rings. The number of nitrogens with one attached hydrogen (secondary N) is 1. The van der Waals surface area contributed by atoms with E-state index < -0.39 is 0 Å². The molecule has 0 saturated carbocycles. The first-order chi connectivity index (χ1) is 7.20. The molecule has 0 aromatic heterocycles. The maximum Gasteiger partial charge on any atom is 0.112 e. The van der Waals surface area contributed by atoms with Gasteiger partial charge in [-0.15, -0.1) is 0 Å². The second-order valence-corrected chi connectivity index (χ2v) is 5.07. The molecule has 2 saturated heterocycles. The lowest BCUT2D eigenvalue weighted by Crippen LogP contribution is -2.57. The Labute approximate surface area is 92.4 Å². The summed E-state index contributed by atoms with van der Waals surface area (Å²) in [5.74, 6) is 0.547. The molecule has 2 bridgehead atoms. The van der Waals surface area contributed by atoms with Crippen LogP contribution in [0.1, 0.15) is 33.1 Å². The quantitative estimate of drug-likeness (QED) is 0.759. The molecule has 1 N–H and O–H groups in total. The van der Waals surface area contributed by atoms with Crippen LogP contribution in [0.3, 0.4) is 0 Å². The van der Waals surface area contributed by atoms with Crippen LogP contribution in [0.15, 0.2) is 0 Å². The minimum Gasteiger partial charge on any atom is -0.303 e. The Kier molecular flexibility index (Phi) is 2.99. The number of fused-ring (bicyclic) bond motifs is 2. The smallest absolute Gasteiger partial charge is 0.112 e. The summed E-state index contributed by atoms with van der Waals surface area (Å²) in [7, 11) is 0. The SMILES string of the molecule is CCC(C)NC1(C#N)CCN2CCC1C2. The molecule has 0 aromatic carbocycles. The third-order valence-corrected chi connectivity index (χ3v) is 4.11. The first-order valence-corrected chi connectivity index (χ1v) is 6.11. The Hall–Kier alpha value is -0.590. The van der Waals surface area contributed by atoms with Gasteiger partial charge in [-0.3, -0.25) is 5.32 Å². The van der Waals surface area contributed by atoms with Gasteiger partial charge in [-0.05, 0) is 32.7 Å². The molecule has 15 heavy (non-hydrogen) atoms. The monoisotopic (exact) mass is 207 g/mol. The highest BCUT2D eigenvalue weighted by Gasteiger charge is 2.46. The van der Waals surface area contributed by atoms with Gasteiger partial charge in [0.1, 0.15) is 5.54 Å². The van der Waals surface area contributed by atoms with Crippen LogP contribution in [-0.2, 0) is 0 Å². The second kappa shape index (κ2) is 4.11. The van der Waals surface area contributed by atoms with Crippen LogP contribution in [0.4, 0.5) is 0 Å². The van der Waals surface area contributed by atoms with Gasteiger partial charge in [-0.1, -0.05) is 6.92 Å². The zero-order valence-electron chi connectivity index (χ0n) is 9.79. The highest BCUT2D eigenvalue weighted by Crippen LogP contribution is 2.35. The van der Waals surface area contributed by atoms with Crippen LogP contribution in [0.25, 0.3) is 0 Å². The van der Waals surface area contributed by atoms with Crippen molar-refractivity contribution >= 4 is 0 Å².